The second-order valence-corrected chi connectivity index (χ2v) is 8.79. The molecule has 0 bridgehead atoms. The number of rotatable bonds is 6. The number of amides is 1. The molecule has 3 rings (SSSR count). The molecule has 0 unspecified atom stereocenters. The Morgan fingerprint density at radius 3 is 2.48 bits per heavy atom. The van der Waals surface area contributed by atoms with Gasteiger partial charge in [0.25, 0.3) is 5.69 Å². The zero-order chi connectivity index (χ0) is 22.8. The third kappa shape index (κ3) is 4.80. The first-order chi connectivity index (χ1) is 14.6. The molecule has 9 nitrogen and oxygen atoms in total. The van der Waals surface area contributed by atoms with Crippen molar-refractivity contribution in [2.24, 2.45) is 5.92 Å². The minimum Gasteiger partial charge on any atom is -0.495 e. The number of piperidine rings is 1. The smallest absolute Gasteiger partial charge is 0.271 e. The fourth-order valence-corrected chi connectivity index (χ4v) is 4.86. The number of anilines is 1. The quantitative estimate of drug-likeness (QED) is 0.528. The molecule has 2 aromatic carbocycles. The number of nitrogens with zero attached hydrogens (tertiary/aromatic N) is 2. The maximum atomic E-state index is 13.9. The summed E-state index contributed by atoms with van der Waals surface area (Å²) < 4.78 is 58.8. The highest BCUT2D eigenvalue weighted by Gasteiger charge is 2.34. The van der Waals surface area contributed by atoms with Gasteiger partial charge >= 0.3 is 0 Å². The fourth-order valence-electron chi connectivity index (χ4n) is 3.31. The van der Waals surface area contributed by atoms with Gasteiger partial charge in [0.1, 0.15) is 22.3 Å². The molecular formula is C19H19F2N3O6S. The Morgan fingerprint density at radius 1 is 1.19 bits per heavy atom. The second kappa shape index (κ2) is 8.94. The molecule has 0 aliphatic carbocycles. The van der Waals surface area contributed by atoms with Gasteiger partial charge in [0.15, 0.2) is 0 Å². The number of sulfonamides is 1. The number of ether oxygens (including phenoxy) is 1. The molecule has 0 aromatic heterocycles. The lowest BCUT2D eigenvalue weighted by Gasteiger charge is -2.30. The monoisotopic (exact) mass is 455 g/mol. The lowest BCUT2D eigenvalue weighted by atomic mass is 9.97. The molecule has 1 N–H and O–H groups in total. The third-order valence-electron chi connectivity index (χ3n) is 4.99. The molecule has 0 saturated carbocycles. The van der Waals surface area contributed by atoms with Crippen molar-refractivity contribution in [3.63, 3.8) is 0 Å². The van der Waals surface area contributed by atoms with Crippen molar-refractivity contribution in [3.8, 4) is 5.75 Å². The number of nitro groups is 1. The van der Waals surface area contributed by atoms with Crippen molar-refractivity contribution in [2.75, 3.05) is 25.5 Å². The Balaban J connectivity index is 1.70. The number of halogens is 2. The van der Waals surface area contributed by atoms with Gasteiger partial charge in [-0.15, -0.1) is 0 Å². The summed E-state index contributed by atoms with van der Waals surface area (Å²) >= 11 is 0. The molecule has 0 atom stereocenters. The van der Waals surface area contributed by atoms with Crippen molar-refractivity contribution in [2.45, 2.75) is 17.7 Å². The highest BCUT2D eigenvalue weighted by Crippen LogP contribution is 2.31. The maximum Gasteiger partial charge on any atom is 0.271 e. The van der Waals surface area contributed by atoms with E-state index >= 15 is 0 Å². The lowest BCUT2D eigenvalue weighted by molar-refractivity contribution is -0.384. The summed E-state index contributed by atoms with van der Waals surface area (Å²) in [4.78, 5) is 22.2. The summed E-state index contributed by atoms with van der Waals surface area (Å²) in [6.45, 7) is -0.134. The summed E-state index contributed by atoms with van der Waals surface area (Å²) in [5, 5.41) is 13.6. The number of nitrogens with one attached hydrogen (secondary N) is 1. The van der Waals surface area contributed by atoms with Gasteiger partial charge in [0, 0.05) is 31.1 Å². The van der Waals surface area contributed by atoms with Gasteiger partial charge in [-0.2, -0.15) is 4.31 Å². The first kappa shape index (κ1) is 22.6. The van der Waals surface area contributed by atoms with E-state index in [1.54, 1.807) is 0 Å². The number of methoxy groups -OCH3 is 1. The lowest BCUT2D eigenvalue weighted by Crippen LogP contribution is -2.41. The summed E-state index contributed by atoms with van der Waals surface area (Å²) in [6.07, 6.45) is 0.276. The van der Waals surface area contributed by atoms with Crippen LogP contribution in [0.3, 0.4) is 0 Å². The Hall–Kier alpha value is -3.12. The van der Waals surface area contributed by atoms with E-state index in [1.807, 2.05) is 0 Å². The number of nitro benzene ring substituents is 1. The minimum absolute atomic E-state index is 0.0670. The molecule has 1 amide bonds. The van der Waals surface area contributed by atoms with E-state index in [2.05, 4.69) is 5.32 Å². The molecule has 1 fully saturated rings. The molecular weight excluding hydrogens is 436 g/mol. The Kier molecular flexibility index (Phi) is 6.51. The summed E-state index contributed by atoms with van der Waals surface area (Å²) in [5.74, 6) is -2.72. The highest BCUT2D eigenvalue weighted by molar-refractivity contribution is 7.89. The Bertz CT molecular complexity index is 1120. The first-order valence-electron chi connectivity index (χ1n) is 9.22. The second-order valence-electron chi connectivity index (χ2n) is 6.88. The van der Waals surface area contributed by atoms with E-state index < -0.39 is 43.3 Å². The predicted molar refractivity (Wildman–Crippen MR) is 106 cm³/mol. The molecule has 2 aromatic rings. The first-order valence-corrected chi connectivity index (χ1v) is 10.7. The van der Waals surface area contributed by atoms with Crippen LogP contribution in [0.5, 0.6) is 5.75 Å². The molecule has 1 aliphatic rings. The van der Waals surface area contributed by atoms with Crippen LogP contribution < -0.4 is 10.1 Å². The van der Waals surface area contributed by atoms with Crippen LogP contribution in [0.1, 0.15) is 12.8 Å². The van der Waals surface area contributed by atoms with Crippen molar-refractivity contribution < 1.29 is 31.7 Å². The van der Waals surface area contributed by atoms with E-state index in [0.29, 0.717) is 6.07 Å². The molecule has 31 heavy (non-hydrogen) atoms. The van der Waals surface area contributed by atoms with E-state index in [4.69, 9.17) is 4.74 Å². The van der Waals surface area contributed by atoms with Crippen LogP contribution in [-0.2, 0) is 14.8 Å². The summed E-state index contributed by atoms with van der Waals surface area (Å²) in [7, 11) is -2.90. The molecule has 0 radical (unpaired) electrons. The summed E-state index contributed by atoms with van der Waals surface area (Å²) in [5.41, 5.74) is -0.104. The van der Waals surface area contributed by atoms with Crippen LogP contribution in [0.25, 0.3) is 0 Å². The van der Waals surface area contributed by atoms with E-state index in [1.165, 1.54) is 25.3 Å². The van der Waals surface area contributed by atoms with Crippen LogP contribution in [0.4, 0.5) is 20.2 Å². The Morgan fingerprint density at radius 2 is 1.87 bits per heavy atom. The van der Waals surface area contributed by atoms with Crippen molar-refractivity contribution in [1.82, 2.24) is 4.31 Å². The fraction of sp³-hybridized carbons (Fsp3) is 0.316. The van der Waals surface area contributed by atoms with Gasteiger partial charge in [0.2, 0.25) is 15.9 Å². The number of carbonyl (C=O) groups excluding carboxylic acids is 1. The van der Waals surface area contributed by atoms with Crippen LogP contribution in [0, 0.1) is 27.7 Å². The van der Waals surface area contributed by atoms with Gasteiger partial charge in [0.05, 0.1) is 17.7 Å². The van der Waals surface area contributed by atoms with Crippen molar-refractivity contribution >= 4 is 27.3 Å². The van der Waals surface area contributed by atoms with E-state index in [9.17, 15) is 32.1 Å². The zero-order valence-electron chi connectivity index (χ0n) is 16.4. The van der Waals surface area contributed by atoms with Gasteiger partial charge in [-0.1, -0.05) is 0 Å². The molecule has 1 heterocycles. The number of hydrogen-bond donors (Lipinski definition) is 1. The number of hydrogen-bond acceptors (Lipinski definition) is 6. The van der Waals surface area contributed by atoms with Crippen LogP contribution in [0.15, 0.2) is 41.3 Å². The highest BCUT2D eigenvalue weighted by atomic mass is 32.2. The molecule has 0 spiro atoms. The molecule has 1 aliphatic heterocycles. The van der Waals surface area contributed by atoms with E-state index in [-0.39, 0.29) is 43.1 Å². The molecule has 1 saturated heterocycles. The number of benzene rings is 2. The predicted octanol–water partition coefficient (Wildman–Crippen LogP) is 2.92. The van der Waals surface area contributed by atoms with Crippen LogP contribution in [0.2, 0.25) is 0 Å². The third-order valence-corrected chi connectivity index (χ3v) is 6.90. The summed E-state index contributed by atoms with van der Waals surface area (Å²) in [6, 6.07) is 5.96. The molecule has 12 heteroatoms. The topological polar surface area (TPSA) is 119 Å². The van der Waals surface area contributed by atoms with Crippen LogP contribution >= 0.6 is 0 Å². The number of carbonyl (C=O) groups is 1. The van der Waals surface area contributed by atoms with Gasteiger partial charge in [-0.3, -0.25) is 14.9 Å². The standard InChI is InChI=1S/C19H19F2N3O6S/c1-30-17-5-3-14(24(26)27)11-16(17)22-19(25)12-6-8-23(9-7-12)31(28,29)18-10-13(20)2-4-15(18)21/h2-5,10-12H,6-9H2,1H3,(H,22,25). The van der Waals surface area contributed by atoms with Crippen LogP contribution in [-0.4, -0.2) is 43.8 Å². The van der Waals surface area contributed by atoms with Gasteiger partial charge in [-0.05, 0) is 37.1 Å². The zero-order valence-corrected chi connectivity index (χ0v) is 17.2. The van der Waals surface area contributed by atoms with E-state index in [0.717, 1.165) is 16.4 Å². The SMILES string of the molecule is COc1ccc([N+](=O)[O-])cc1NC(=O)C1CCN(S(=O)(=O)c2cc(F)ccc2F)CC1. The maximum absolute atomic E-state index is 13.9. The van der Waals surface area contributed by atoms with Gasteiger partial charge in [-0.25, -0.2) is 17.2 Å². The van der Waals surface area contributed by atoms with Crippen molar-refractivity contribution in [1.29, 1.82) is 0 Å². The van der Waals surface area contributed by atoms with Gasteiger partial charge < -0.3 is 10.1 Å². The average Bonchev–Trinajstić information content (AvgIpc) is 2.75. The number of non-ortho nitro benzene ring substituents is 1. The minimum atomic E-state index is -4.26. The molecule has 166 valence electrons. The average molecular weight is 455 g/mol. The largest absolute Gasteiger partial charge is 0.495 e. The normalized spacial score (nSPS) is 15.5. The van der Waals surface area contributed by atoms with Crippen molar-refractivity contribution in [3.05, 3.63) is 58.1 Å². The Labute approximate surface area is 176 Å².